The monoisotopic (exact) mass is 432 g/mol. The summed E-state index contributed by atoms with van der Waals surface area (Å²) in [6.45, 7) is 2.90. The summed E-state index contributed by atoms with van der Waals surface area (Å²) in [6, 6.07) is 11.7. The van der Waals surface area contributed by atoms with Crippen molar-refractivity contribution < 1.29 is 32.3 Å². The standard InChI is InChI=1S/C22H19F3N2O4/c1-12-8-14(18-10-17(21(28)29)26-31-18)9-15-11-27(13(2)22(23,24)25)20(19(12)15)30-16-6-4-3-5-7-16/h3-10,13,20H,11H2,1-2H3,(H,28,29)/t13-,20?/m0/s1. The minimum Gasteiger partial charge on any atom is -0.476 e. The van der Waals surface area contributed by atoms with Crippen LogP contribution in [0.15, 0.2) is 53.1 Å². The molecule has 1 N–H and O–H groups in total. The van der Waals surface area contributed by atoms with Crippen LogP contribution in [0.5, 0.6) is 5.75 Å². The molecule has 6 nitrogen and oxygen atoms in total. The van der Waals surface area contributed by atoms with Crippen LogP contribution in [0.25, 0.3) is 11.3 Å². The van der Waals surface area contributed by atoms with Gasteiger partial charge in [-0.2, -0.15) is 13.2 Å². The second-order valence-electron chi connectivity index (χ2n) is 7.42. The van der Waals surface area contributed by atoms with Gasteiger partial charge in [-0.25, -0.2) is 9.69 Å². The molecule has 1 aliphatic rings. The lowest BCUT2D eigenvalue weighted by Crippen LogP contribution is -2.43. The van der Waals surface area contributed by atoms with Gasteiger partial charge in [-0.1, -0.05) is 23.4 Å². The number of hydrogen-bond acceptors (Lipinski definition) is 5. The molecule has 0 amide bonds. The van der Waals surface area contributed by atoms with E-state index in [9.17, 15) is 18.0 Å². The summed E-state index contributed by atoms with van der Waals surface area (Å²) in [7, 11) is 0. The predicted molar refractivity (Wildman–Crippen MR) is 105 cm³/mol. The SMILES string of the molecule is Cc1cc(-c2cc(C(=O)O)no2)cc2c1C(Oc1ccccc1)N([C@@H](C)C(F)(F)F)C2. The maximum absolute atomic E-state index is 13.6. The Morgan fingerprint density at radius 2 is 1.97 bits per heavy atom. The Bertz CT molecular complexity index is 1110. The van der Waals surface area contributed by atoms with E-state index in [0.717, 1.165) is 6.92 Å². The summed E-state index contributed by atoms with van der Waals surface area (Å²) < 4.78 is 51.9. The molecule has 3 aromatic rings. The summed E-state index contributed by atoms with van der Waals surface area (Å²) in [4.78, 5) is 12.3. The highest BCUT2D eigenvalue weighted by Crippen LogP contribution is 2.43. The van der Waals surface area contributed by atoms with Gasteiger partial charge < -0.3 is 14.4 Å². The minimum atomic E-state index is -4.43. The molecule has 31 heavy (non-hydrogen) atoms. The molecule has 0 saturated heterocycles. The first-order valence-corrected chi connectivity index (χ1v) is 9.53. The maximum atomic E-state index is 13.6. The highest BCUT2D eigenvalue weighted by atomic mass is 19.4. The molecule has 2 atom stereocenters. The molecule has 2 heterocycles. The predicted octanol–water partition coefficient (Wildman–Crippen LogP) is 5.19. The zero-order valence-corrected chi connectivity index (χ0v) is 16.7. The second-order valence-corrected chi connectivity index (χ2v) is 7.42. The van der Waals surface area contributed by atoms with Crippen LogP contribution in [0.3, 0.4) is 0 Å². The van der Waals surface area contributed by atoms with Gasteiger partial charge in [-0.15, -0.1) is 0 Å². The number of aryl methyl sites for hydroxylation is 1. The molecule has 4 rings (SSSR count). The van der Waals surface area contributed by atoms with E-state index in [-0.39, 0.29) is 18.0 Å². The largest absolute Gasteiger partial charge is 0.476 e. The van der Waals surface area contributed by atoms with Crippen LogP contribution >= 0.6 is 0 Å². The third-order valence-electron chi connectivity index (χ3n) is 5.35. The molecule has 0 fully saturated rings. The zero-order chi connectivity index (χ0) is 22.3. The minimum absolute atomic E-state index is 0.0160. The second kappa shape index (κ2) is 7.73. The van der Waals surface area contributed by atoms with Gasteiger partial charge in [-0.05, 0) is 49.2 Å². The number of carboxylic acid groups (broad SMARTS) is 1. The van der Waals surface area contributed by atoms with E-state index in [1.165, 1.54) is 11.0 Å². The first-order chi connectivity index (χ1) is 14.6. The summed E-state index contributed by atoms with van der Waals surface area (Å²) in [5.74, 6) is -0.537. The molecular weight excluding hydrogens is 413 g/mol. The van der Waals surface area contributed by atoms with Gasteiger partial charge in [0.2, 0.25) is 0 Å². The third kappa shape index (κ3) is 4.00. The lowest BCUT2D eigenvalue weighted by molar-refractivity contribution is -0.197. The summed E-state index contributed by atoms with van der Waals surface area (Å²) in [5.41, 5.74) is 2.31. The van der Waals surface area contributed by atoms with E-state index in [1.807, 2.05) is 0 Å². The van der Waals surface area contributed by atoms with E-state index < -0.39 is 24.4 Å². The average molecular weight is 432 g/mol. The summed E-state index contributed by atoms with van der Waals surface area (Å²) in [6.07, 6.45) is -5.36. The Labute approximate surface area is 175 Å². The number of carbonyl (C=O) groups is 1. The summed E-state index contributed by atoms with van der Waals surface area (Å²) in [5, 5.41) is 12.6. The van der Waals surface area contributed by atoms with E-state index in [2.05, 4.69) is 5.16 Å². The normalized spacial score (nSPS) is 17.4. The number of nitrogens with zero attached hydrogens (tertiary/aromatic N) is 2. The van der Waals surface area contributed by atoms with Gasteiger partial charge in [0.05, 0.1) is 0 Å². The molecule has 162 valence electrons. The summed E-state index contributed by atoms with van der Waals surface area (Å²) >= 11 is 0. The fraction of sp³-hybridized carbons (Fsp3) is 0.273. The molecule has 0 bridgehead atoms. The molecule has 0 spiro atoms. The van der Waals surface area contributed by atoms with Crippen molar-refractivity contribution in [3.05, 3.63) is 70.9 Å². The van der Waals surface area contributed by atoms with Crippen LogP contribution in [0, 0.1) is 6.92 Å². The number of aromatic nitrogens is 1. The molecule has 0 aliphatic carbocycles. The topological polar surface area (TPSA) is 75.8 Å². The zero-order valence-electron chi connectivity index (χ0n) is 16.7. The van der Waals surface area contributed by atoms with E-state index in [1.54, 1.807) is 49.4 Å². The van der Waals surface area contributed by atoms with E-state index in [0.29, 0.717) is 28.0 Å². The van der Waals surface area contributed by atoms with Crippen molar-refractivity contribution >= 4 is 5.97 Å². The molecular formula is C22H19F3N2O4. The number of alkyl halides is 3. The number of aromatic carboxylic acids is 1. The van der Waals surface area contributed by atoms with Crippen LogP contribution in [0.1, 0.15) is 40.3 Å². The number of rotatable bonds is 5. The van der Waals surface area contributed by atoms with Crippen LogP contribution < -0.4 is 4.74 Å². The van der Waals surface area contributed by atoms with Gasteiger partial charge in [0, 0.05) is 23.7 Å². The first-order valence-electron chi connectivity index (χ1n) is 9.53. The Morgan fingerprint density at radius 3 is 2.58 bits per heavy atom. The molecule has 2 aromatic carbocycles. The van der Waals surface area contributed by atoms with Crippen molar-refractivity contribution in [1.29, 1.82) is 0 Å². The number of halogens is 3. The van der Waals surface area contributed by atoms with Crippen LogP contribution in [-0.4, -0.2) is 33.4 Å². The van der Waals surface area contributed by atoms with Gasteiger partial charge in [0.15, 0.2) is 17.7 Å². The van der Waals surface area contributed by atoms with Crippen molar-refractivity contribution in [3.63, 3.8) is 0 Å². The fourth-order valence-electron chi connectivity index (χ4n) is 3.74. The number of ether oxygens (including phenoxy) is 1. The molecule has 1 unspecified atom stereocenters. The van der Waals surface area contributed by atoms with Crippen molar-refractivity contribution in [2.45, 2.75) is 38.8 Å². The van der Waals surface area contributed by atoms with Gasteiger partial charge in [0.25, 0.3) is 0 Å². The number of carboxylic acids is 1. The van der Waals surface area contributed by atoms with Gasteiger partial charge >= 0.3 is 12.1 Å². The van der Waals surface area contributed by atoms with E-state index in [4.69, 9.17) is 14.4 Å². The molecule has 9 heteroatoms. The quantitative estimate of drug-likeness (QED) is 0.598. The number of para-hydroxylation sites is 1. The van der Waals surface area contributed by atoms with Crippen molar-refractivity contribution in [2.75, 3.05) is 0 Å². The highest BCUT2D eigenvalue weighted by Gasteiger charge is 2.47. The smallest absolute Gasteiger partial charge is 0.403 e. The molecule has 0 radical (unpaired) electrons. The van der Waals surface area contributed by atoms with Gasteiger partial charge in [-0.3, -0.25) is 0 Å². The van der Waals surface area contributed by atoms with Crippen LogP contribution in [-0.2, 0) is 6.54 Å². The Balaban J connectivity index is 1.76. The lowest BCUT2D eigenvalue weighted by atomic mass is 9.98. The Morgan fingerprint density at radius 1 is 1.26 bits per heavy atom. The number of fused-ring (bicyclic) bond motifs is 1. The number of benzene rings is 2. The Hall–Kier alpha value is -3.33. The highest BCUT2D eigenvalue weighted by molar-refractivity contribution is 5.86. The lowest BCUT2D eigenvalue weighted by Gasteiger charge is -2.32. The maximum Gasteiger partial charge on any atom is 0.403 e. The van der Waals surface area contributed by atoms with E-state index >= 15 is 0 Å². The van der Waals surface area contributed by atoms with Crippen molar-refractivity contribution in [3.8, 4) is 17.1 Å². The van der Waals surface area contributed by atoms with Crippen LogP contribution in [0.4, 0.5) is 13.2 Å². The molecule has 0 saturated carbocycles. The number of hydrogen-bond donors (Lipinski definition) is 1. The fourth-order valence-corrected chi connectivity index (χ4v) is 3.74. The van der Waals surface area contributed by atoms with Crippen LogP contribution in [0.2, 0.25) is 0 Å². The molecule has 1 aromatic heterocycles. The third-order valence-corrected chi connectivity index (χ3v) is 5.35. The van der Waals surface area contributed by atoms with Crippen molar-refractivity contribution in [1.82, 2.24) is 10.1 Å². The molecule has 1 aliphatic heterocycles. The van der Waals surface area contributed by atoms with Crippen molar-refractivity contribution in [2.24, 2.45) is 0 Å². The average Bonchev–Trinajstić information content (AvgIpc) is 3.33. The first kappa shape index (κ1) is 20.9. The Kier molecular flexibility index (Phi) is 5.22. The van der Waals surface area contributed by atoms with Gasteiger partial charge in [0.1, 0.15) is 11.8 Å².